The number of halogens is 1. The van der Waals surface area contributed by atoms with Crippen LogP contribution in [0.4, 0.5) is 11.4 Å². The smallest absolute Gasteiger partial charge is 0.273 e. The van der Waals surface area contributed by atoms with E-state index in [1.54, 1.807) is 19.1 Å². The van der Waals surface area contributed by atoms with Crippen molar-refractivity contribution in [3.05, 3.63) is 93.0 Å². The van der Waals surface area contributed by atoms with E-state index < -0.39 is 44.0 Å². The van der Waals surface area contributed by atoms with E-state index in [4.69, 9.17) is 16.3 Å². The number of carbonyl (C=O) groups excluding carboxylic acids is 2. The summed E-state index contributed by atoms with van der Waals surface area (Å²) in [5.41, 5.74) is 0.580. The Bertz CT molecular complexity index is 1630. The molecule has 4 rings (SSSR count). The first-order valence-corrected chi connectivity index (χ1v) is 16.0. The van der Waals surface area contributed by atoms with Gasteiger partial charge in [-0.05, 0) is 56.5 Å². The summed E-state index contributed by atoms with van der Waals surface area (Å²) in [7, 11) is -3.26. The molecule has 1 fully saturated rings. The molecule has 0 spiro atoms. The van der Waals surface area contributed by atoms with Crippen molar-refractivity contribution in [2.75, 3.05) is 18.0 Å². The second kappa shape index (κ2) is 14.1. The van der Waals surface area contributed by atoms with Crippen molar-refractivity contribution in [2.45, 2.75) is 63.1 Å². The number of nitrogens with zero attached hydrogens (tertiary/aromatic N) is 3. The lowest BCUT2D eigenvalue weighted by Crippen LogP contribution is -2.52. The lowest BCUT2D eigenvalue weighted by atomic mass is 10.1. The van der Waals surface area contributed by atoms with Crippen LogP contribution in [0.1, 0.15) is 43.7 Å². The number of nitro benzene ring substituents is 1. The number of hydrogen-bond acceptors (Lipinski definition) is 7. The Morgan fingerprint density at radius 2 is 1.77 bits per heavy atom. The standard InChI is InChI=1S/C31H35ClN4O7S/c1-21-13-15-26(18-27(21)36(39)40)44(41,42)35(28-17-24(32)14-16-29(28)43-3)20-30(37)34(19-23-9-5-4-6-10-23)22(2)31(38)33-25-11-7-8-12-25/h4-6,9-10,13-18,22,25H,7-8,11-12,19-20H2,1-3H3,(H,33,38)/t22-/m0/s1. The van der Waals surface area contributed by atoms with Gasteiger partial charge in [0.2, 0.25) is 11.8 Å². The third kappa shape index (κ3) is 7.48. The summed E-state index contributed by atoms with van der Waals surface area (Å²) in [5.74, 6) is -0.908. The number of nitro groups is 1. The summed E-state index contributed by atoms with van der Waals surface area (Å²) in [4.78, 5) is 39.4. The van der Waals surface area contributed by atoms with Crippen LogP contribution >= 0.6 is 11.6 Å². The zero-order valence-electron chi connectivity index (χ0n) is 24.7. The van der Waals surface area contributed by atoms with Crippen molar-refractivity contribution < 1.29 is 27.7 Å². The molecule has 0 aromatic heterocycles. The number of rotatable bonds is 12. The monoisotopic (exact) mass is 642 g/mol. The highest BCUT2D eigenvalue weighted by atomic mass is 35.5. The van der Waals surface area contributed by atoms with Crippen LogP contribution in [0, 0.1) is 17.0 Å². The van der Waals surface area contributed by atoms with Gasteiger partial charge in [0.1, 0.15) is 18.3 Å². The molecule has 1 aliphatic carbocycles. The van der Waals surface area contributed by atoms with Gasteiger partial charge in [-0.25, -0.2) is 8.42 Å². The van der Waals surface area contributed by atoms with E-state index in [1.165, 1.54) is 49.3 Å². The molecule has 1 atom stereocenters. The second-order valence-corrected chi connectivity index (χ2v) is 13.0. The van der Waals surface area contributed by atoms with Crippen LogP contribution < -0.4 is 14.4 Å². The number of aryl methyl sites for hydroxylation is 1. The Balaban J connectivity index is 1.77. The molecule has 0 aliphatic heterocycles. The van der Waals surface area contributed by atoms with Crippen LogP contribution in [0.15, 0.2) is 71.6 Å². The summed E-state index contributed by atoms with van der Waals surface area (Å²) in [6, 6.07) is 16.0. The number of methoxy groups -OCH3 is 1. The predicted molar refractivity (Wildman–Crippen MR) is 167 cm³/mol. The zero-order chi connectivity index (χ0) is 32.0. The van der Waals surface area contributed by atoms with Gasteiger partial charge in [-0.15, -0.1) is 0 Å². The molecule has 0 bridgehead atoms. The first-order valence-electron chi connectivity index (χ1n) is 14.2. The van der Waals surface area contributed by atoms with Gasteiger partial charge in [0.15, 0.2) is 0 Å². The summed E-state index contributed by atoms with van der Waals surface area (Å²) in [6.07, 6.45) is 3.73. The molecule has 0 radical (unpaired) electrons. The molecule has 13 heteroatoms. The van der Waals surface area contributed by atoms with Crippen LogP contribution in [0.2, 0.25) is 5.02 Å². The zero-order valence-corrected chi connectivity index (χ0v) is 26.3. The van der Waals surface area contributed by atoms with Gasteiger partial charge < -0.3 is 15.0 Å². The molecular formula is C31H35ClN4O7S. The molecular weight excluding hydrogens is 608 g/mol. The van der Waals surface area contributed by atoms with Crippen LogP contribution in [-0.4, -0.2) is 55.8 Å². The van der Waals surface area contributed by atoms with Gasteiger partial charge in [-0.1, -0.05) is 60.8 Å². The van der Waals surface area contributed by atoms with E-state index in [9.17, 15) is 28.1 Å². The third-order valence-corrected chi connectivity index (χ3v) is 9.71. The Morgan fingerprint density at radius 1 is 1.09 bits per heavy atom. The minimum atomic E-state index is -4.60. The quantitative estimate of drug-likeness (QED) is 0.211. The Kier molecular flexibility index (Phi) is 10.5. The number of amides is 2. The average Bonchev–Trinajstić information content (AvgIpc) is 3.51. The molecule has 1 aliphatic rings. The first kappa shape index (κ1) is 32.7. The summed E-state index contributed by atoms with van der Waals surface area (Å²) >= 11 is 6.27. The topological polar surface area (TPSA) is 139 Å². The van der Waals surface area contributed by atoms with Gasteiger partial charge in [0, 0.05) is 29.2 Å². The molecule has 44 heavy (non-hydrogen) atoms. The first-order chi connectivity index (χ1) is 20.9. The maximum atomic E-state index is 14.2. The molecule has 3 aromatic rings. The van der Waals surface area contributed by atoms with Crippen molar-refractivity contribution in [2.24, 2.45) is 0 Å². The van der Waals surface area contributed by atoms with Crippen LogP contribution in [0.5, 0.6) is 5.75 Å². The number of sulfonamides is 1. The highest BCUT2D eigenvalue weighted by Crippen LogP contribution is 2.36. The molecule has 2 amide bonds. The molecule has 234 valence electrons. The fourth-order valence-corrected chi connectivity index (χ4v) is 6.80. The van der Waals surface area contributed by atoms with E-state index in [1.807, 2.05) is 18.2 Å². The predicted octanol–water partition coefficient (Wildman–Crippen LogP) is 5.24. The Morgan fingerprint density at radius 3 is 2.41 bits per heavy atom. The third-order valence-electron chi connectivity index (χ3n) is 7.72. The summed E-state index contributed by atoms with van der Waals surface area (Å²) < 4.78 is 34.6. The molecule has 1 N–H and O–H groups in total. The fraction of sp³-hybridized carbons (Fsp3) is 0.355. The van der Waals surface area contributed by atoms with E-state index in [2.05, 4.69) is 5.32 Å². The fourth-order valence-electron chi connectivity index (χ4n) is 5.20. The second-order valence-electron chi connectivity index (χ2n) is 10.7. The number of nitrogens with one attached hydrogen (secondary N) is 1. The maximum absolute atomic E-state index is 14.2. The van der Waals surface area contributed by atoms with Crippen LogP contribution in [-0.2, 0) is 26.2 Å². The molecule has 0 saturated heterocycles. The molecule has 3 aromatic carbocycles. The molecule has 0 unspecified atom stereocenters. The van der Waals surface area contributed by atoms with Gasteiger partial charge in [0.25, 0.3) is 15.7 Å². The molecule has 0 heterocycles. The van der Waals surface area contributed by atoms with Crippen molar-refractivity contribution in [1.82, 2.24) is 10.2 Å². The highest BCUT2D eigenvalue weighted by molar-refractivity contribution is 7.92. The van der Waals surface area contributed by atoms with Crippen molar-refractivity contribution >= 4 is 44.8 Å². The van der Waals surface area contributed by atoms with Crippen LogP contribution in [0.25, 0.3) is 0 Å². The van der Waals surface area contributed by atoms with Gasteiger partial charge in [-0.3, -0.25) is 24.0 Å². The Labute approximate surface area is 262 Å². The van der Waals surface area contributed by atoms with Gasteiger partial charge >= 0.3 is 0 Å². The van der Waals surface area contributed by atoms with Gasteiger partial charge in [-0.2, -0.15) is 0 Å². The summed E-state index contributed by atoms with van der Waals surface area (Å²) in [5, 5.41) is 14.8. The van der Waals surface area contributed by atoms with Crippen molar-refractivity contribution in [3.8, 4) is 5.75 Å². The molecule has 1 saturated carbocycles. The summed E-state index contributed by atoms with van der Waals surface area (Å²) in [6.45, 7) is 2.40. The Hall–Kier alpha value is -4.16. The SMILES string of the molecule is COc1ccc(Cl)cc1N(CC(=O)N(Cc1ccccc1)[C@@H](C)C(=O)NC1CCCC1)S(=O)(=O)c1ccc(C)c([N+](=O)[O-])c1. The normalized spacial score (nSPS) is 14.1. The largest absolute Gasteiger partial charge is 0.495 e. The van der Waals surface area contributed by atoms with Crippen LogP contribution in [0.3, 0.4) is 0 Å². The number of carbonyl (C=O) groups is 2. The van der Waals surface area contributed by atoms with E-state index in [-0.39, 0.29) is 40.5 Å². The van der Waals surface area contributed by atoms with E-state index in [0.717, 1.165) is 41.6 Å². The number of benzene rings is 3. The van der Waals surface area contributed by atoms with Crippen molar-refractivity contribution in [1.29, 1.82) is 0 Å². The minimum Gasteiger partial charge on any atom is -0.495 e. The van der Waals surface area contributed by atoms with E-state index >= 15 is 0 Å². The highest BCUT2D eigenvalue weighted by Gasteiger charge is 2.35. The maximum Gasteiger partial charge on any atom is 0.273 e. The van der Waals surface area contributed by atoms with Gasteiger partial charge in [0.05, 0.1) is 22.6 Å². The average molecular weight is 643 g/mol. The lowest BCUT2D eigenvalue weighted by molar-refractivity contribution is -0.385. The van der Waals surface area contributed by atoms with Crippen molar-refractivity contribution in [3.63, 3.8) is 0 Å². The number of hydrogen-bond donors (Lipinski definition) is 1. The lowest BCUT2D eigenvalue weighted by Gasteiger charge is -2.33. The minimum absolute atomic E-state index is 0.0172. The van der Waals surface area contributed by atoms with E-state index in [0.29, 0.717) is 0 Å². The number of ether oxygens (including phenoxy) is 1. The number of anilines is 1. The molecule has 11 nitrogen and oxygen atoms in total.